The fourth-order valence-corrected chi connectivity index (χ4v) is 3.30. The molecule has 1 heterocycles. The molecule has 0 unspecified atom stereocenters. The molecular weight excluding hydrogens is 326 g/mol. The van der Waals surface area contributed by atoms with Crippen molar-refractivity contribution < 1.29 is 0 Å². The zero-order valence-electron chi connectivity index (χ0n) is 15.3. The minimum absolute atomic E-state index is 0.437. The normalized spacial score (nSPS) is 14.0. The smallest absolute Gasteiger partial charge is 0.229 e. The van der Waals surface area contributed by atoms with Crippen molar-refractivity contribution in [1.82, 2.24) is 15.4 Å². The van der Waals surface area contributed by atoms with E-state index in [-0.39, 0.29) is 0 Å². The summed E-state index contributed by atoms with van der Waals surface area (Å²) in [5.41, 5.74) is 5.73. The highest BCUT2D eigenvalue weighted by molar-refractivity contribution is 5.67. The van der Waals surface area contributed by atoms with E-state index in [2.05, 4.69) is 39.0 Å². The molecule has 1 aliphatic carbocycles. The molecule has 26 heavy (non-hydrogen) atoms. The van der Waals surface area contributed by atoms with Crippen molar-refractivity contribution in [3.05, 3.63) is 36.0 Å². The quantitative estimate of drug-likeness (QED) is 0.659. The lowest BCUT2D eigenvalue weighted by molar-refractivity contribution is 0.524. The molecule has 1 aliphatic rings. The van der Waals surface area contributed by atoms with Crippen LogP contribution in [-0.2, 0) is 0 Å². The number of rotatable bonds is 7. The van der Waals surface area contributed by atoms with Crippen molar-refractivity contribution in [3.63, 3.8) is 0 Å². The van der Waals surface area contributed by atoms with Crippen LogP contribution in [-0.4, -0.2) is 29.6 Å². The second-order valence-corrected chi connectivity index (χ2v) is 6.32. The van der Waals surface area contributed by atoms with Crippen LogP contribution >= 0.6 is 0 Å². The molecule has 136 valence electrons. The molecule has 0 amide bonds. The first-order valence-corrected chi connectivity index (χ1v) is 9.10. The van der Waals surface area contributed by atoms with E-state index in [0.29, 0.717) is 17.6 Å². The molecule has 1 aromatic heterocycles. The average Bonchev–Trinajstić information content (AvgIpc) is 3.20. The molecule has 3 rings (SSSR count). The number of hydrazine groups is 1. The summed E-state index contributed by atoms with van der Waals surface area (Å²) in [4.78, 5) is 9.16. The molecular formula is C19H25N7. The van der Waals surface area contributed by atoms with Crippen LogP contribution in [0.4, 0.5) is 23.1 Å². The molecule has 0 saturated heterocycles. The minimum atomic E-state index is 0.437. The Kier molecular flexibility index (Phi) is 5.87. The molecule has 0 bridgehead atoms. The van der Waals surface area contributed by atoms with E-state index in [0.717, 1.165) is 36.6 Å². The number of anilines is 4. The SMILES string of the molecule is CCNN(c1nc(Nc2cccc(C#N)c2)ncc1NC)C1CCCC1. The zero-order chi connectivity index (χ0) is 18.4. The number of hydrogen-bond acceptors (Lipinski definition) is 7. The first kappa shape index (κ1) is 18.0. The summed E-state index contributed by atoms with van der Waals surface area (Å²) < 4.78 is 0. The van der Waals surface area contributed by atoms with Crippen LogP contribution in [0.25, 0.3) is 0 Å². The number of hydrogen-bond donors (Lipinski definition) is 3. The van der Waals surface area contributed by atoms with Gasteiger partial charge in [0.1, 0.15) is 0 Å². The lowest BCUT2D eigenvalue weighted by Crippen LogP contribution is -2.45. The molecule has 0 radical (unpaired) electrons. The molecule has 7 heteroatoms. The molecule has 0 aliphatic heterocycles. The first-order valence-electron chi connectivity index (χ1n) is 9.10. The van der Waals surface area contributed by atoms with Crippen molar-refractivity contribution in [2.24, 2.45) is 0 Å². The first-order chi connectivity index (χ1) is 12.7. The Morgan fingerprint density at radius 2 is 2.12 bits per heavy atom. The van der Waals surface area contributed by atoms with Gasteiger partial charge in [-0.05, 0) is 31.0 Å². The maximum absolute atomic E-state index is 9.06. The van der Waals surface area contributed by atoms with E-state index in [1.807, 2.05) is 19.2 Å². The maximum atomic E-state index is 9.06. The minimum Gasteiger partial charge on any atom is -0.384 e. The Hall–Kier alpha value is -2.85. The van der Waals surface area contributed by atoms with Crippen molar-refractivity contribution in [2.45, 2.75) is 38.6 Å². The Labute approximate surface area is 154 Å². The van der Waals surface area contributed by atoms with Gasteiger partial charge in [-0.25, -0.2) is 10.4 Å². The van der Waals surface area contributed by atoms with Crippen molar-refractivity contribution >= 4 is 23.1 Å². The second-order valence-electron chi connectivity index (χ2n) is 6.32. The number of aromatic nitrogens is 2. The Bertz CT molecular complexity index is 778. The highest BCUT2D eigenvalue weighted by Gasteiger charge is 2.26. The average molecular weight is 351 g/mol. The topological polar surface area (TPSA) is 88.9 Å². The van der Waals surface area contributed by atoms with E-state index in [1.54, 1.807) is 18.3 Å². The summed E-state index contributed by atoms with van der Waals surface area (Å²) in [6.07, 6.45) is 6.61. The number of nitriles is 1. The van der Waals surface area contributed by atoms with E-state index in [4.69, 9.17) is 10.2 Å². The maximum Gasteiger partial charge on any atom is 0.229 e. The fourth-order valence-electron chi connectivity index (χ4n) is 3.30. The number of nitrogens with zero attached hydrogens (tertiary/aromatic N) is 4. The summed E-state index contributed by atoms with van der Waals surface area (Å²) in [6.45, 7) is 2.92. The van der Waals surface area contributed by atoms with Crippen molar-refractivity contribution in [2.75, 3.05) is 29.2 Å². The van der Waals surface area contributed by atoms with Gasteiger partial charge in [0.25, 0.3) is 0 Å². The van der Waals surface area contributed by atoms with Gasteiger partial charge < -0.3 is 10.6 Å². The third kappa shape index (κ3) is 4.03. The molecule has 1 saturated carbocycles. The summed E-state index contributed by atoms with van der Waals surface area (Å²) >= 11 is 0. The van der Waals surface area contributed by atoms with Gasteiger partial charge in [-0.1, -0.05) is 25.8 Å². The second kappa shape index (κ2) is 8.50. The predicted octanol–water partition coefficient (Wildman–Crippen LogP) is 3.41. The largest absolute Gasteiger partial charge is 0.384 e. The van der Waals surface area contributed by atoms with Crippen molar-refractivity contribution in [1.29, 1.82) is 5.26 Å². The summed E-state index contributed by atoms with van der Waals surface area (Å²) in [7, 11) is 1.88. The van der Waals surface area contributed by atoms with Crippen LogP contribution in [0.5, 0.6) is 0 Å². The molecule has 7 nitrogen and oxygen atoms in total. The Morgan fingerprint density at radius 1 is 1.31 bits per heavy atom. The molecule has 3 N–H and O–H groups in total. The van der Waals surface area contributed by atoms with E-state index in [9.17, 15) is 0 Å². The van der Waals surface area contributed by atoms with Crippen LogP contribution in [0.15, 0.2) is 30.5 Å². The summed E-state index contributed by atoms with van der Waals surface area (Å²) in [5.74, 6) is 1.35. The Morgan fingerprint density at radius 3 is 2.81 bits per heavy atom. The predicted molar refractivity (Wildman–Crippen MR) is 104 cm³/mol. The highest BCUT2D eigenvalue weighted by atomic mass is 15.5. The van der Waals surface area contributed by atoms with Gasteiger partial charge in [0.05, 0.1) is 23.5 Å². The molecule has 0 spiro atoms. The van der Waals surface area contributed by atoms with Gasteiger partial charge >= 0.3 is 0 Å². The van der Waals surface area contributed by atoms with Crippen LogP contribution in [0.1, 0.15) is 38.2 Å². The molecule has 0 atom stereocenters. The van der Waals surface area contributed by atoms with Crippen LogP contribution in [0.3, 0.4) is 0 Å². The van der Waals surface area contributed by atoms with Gasteiger partial charge in [-0.3, -0.25) is 5.01 Å². The summed E-state index contributed by atoms with van der Waals surface area (Å²) in [6, 6.07) is 9.88. The van der Waals surface area contributed by atoms with Gasteiger partial charge in [-0.2, -0.15) is 10.2 Å². The van der Waals surface area contributed by atoms with Crippen LogP contribution in [0.2, 0.25) is 0 Å². The van der Waals surface area contributed by atoms with Crippen molar-refractivity contribution in [3.8, 4) is 6.07 Å². The molecule has 2 aromatic rings. The number of nitrogens with one attached hydrogen (secondary N) is 3. The van der Waals surface area contributed by atoms with E-state index >= 15 is 0 Å². The van der Waals surface area contributed by atoms with Crippen LogP contribution < -0.4 is 21.1 Å². The third-order valence-corrected chi connectivity index (χ3v) is 4.53. The standard InChI is InChI=1S/C19H25N7/c1-3-23-26(16-9-4-5-10-16)18-17(21-2)13-22-19(25-18)24-15-8-6-7-14(11-15)12-20/h6-8,11,13,16,21,23H,3-5,9-10H2,1-2H3,(H,22,24,25). The van der Waals surface area contributed by atoms with E-state index < -0.39 is 0 Å². The Balaban J connectivity index is 1.90. The third-order valence-electron chi connectivity index (χ3n) is 4.53. The molecule has 1 fully saturated rings. The zero-order valence-corrected chi connectivity index (χ0v) is 15.3. The lowest BCUT2D eigenvalue weighted by Gasteiger charge is -2.31. The van der Waals surface area contributed by atoms with Gasteiger partial charge in [0, 0.05) is 25.3 Å². The van der Waals surface area contributed by atoms with Gasteiger partial charge in [0.2, 0.25) is 5.95 Å². The lowest BCUT2D eigenvalue weighted by atomic mass is 10.2. The highest BCUT2D eigenvalue weighted by Crippen LogP contribution is 2.31. The monoisotopic (exact) mass is 351 g/mol. The number of benzene rings is 1. The van der Waals surface area contributed by atoms with E-state index in [1.165, 1.54) is 12.8 Å². The fraction of sp³-hybridized carbons (Fsp3) is 0.421. The van der Waals surface area contributed by atoms with Gasteiger partial charge in [-0.15, -0.1) is 0 Å². The van der Waals surface area contributed by atoms with Crippen LogP contribution in [0, 0.1) is 11.3 Å². The summed E-state index contributed by atoms with van der Waals surface area (Å²) in [5, 5.41) is 17.6. The van der Waals surface area contributed by atoms with Gasteiger partial charge in [0.15, 0.2) is 5.82 Å². The molecule has 1 aromatic carbocycles.